The molecule has 1 aliphatic rings. The molecular formula is C25H30N2OS2. The van der Waals surface area contributed by atoms with Gasteiger partial charge in [0.05, 0.1) is 6.10 Å². The highest BCUT2D eigenvalue weighted by atomic mass is 32.1. The van der Waals surface area contributed by atoms with Gasteiger partial charge in [0.1, 0.15) is 0 Å². The number of aliphatic hydroxyl groups excluding tert-OH is 1. The first-order valence-corrected chi connectivity index (χ1v) is 12.6. The monoisotopic (exact) mass is 438 g/mol. The van der Waals surface area contributed by atoms with E-state index in [2.05, 4.69) is 50.8 Å². The zero-order valence-corrected chi connectivity index (χ0v) is 19.1. The van der Waals surface area contributed by atoms with E-state index in [-0.39, 0.29) is 6.04 Å². The van der Waals surface area contributed by atoms with E-state index >= 15 is 0 Å². The molecule has 158 valence electrons. The standard InChI is InChI=1S/C25H30N2OS2/c1-19(25(28)21-5-3-2-4-6-21)26-11-14-27-12-7-20(8-13-27)24(22-9-15-29-17-22)23-10-16-30-18-23/h2-6,9-10,15-19,25-26,28H,7-8,11-14H2,1H3. The second kappa shape index (κ2) is 10.5. The van der Waals surface area contributed by atoms with Crippen molar-refractivity contribution in [2.24, 2.45) is 0 Å². The first kappa shape index (κ1) is 21.5. The molecule has 3 nitrogen and oxygen atoms in total. The second-order valence-corrected chi connectivity index (χ2v) is 9.50. The topological polar surface area (TPSA) is 35.5 Å². The van der Waals surface area contributed by atoms with Gasteiger partial charge in [-0.15, -0.1) is 0 Å². The Kier molecular flexibility index (Phi) is 7.52. The third kappa shape index (κ3) is 5.29. The van der Waals surface area contributed by atoms with Crippen LogP contribution in [0.4, 0.5) is 0 Å². The smallest absolute Gasteiger partial charge is 0.0940 e. The van der Waals surface area contributed by atoms with E-state index in [1.165, 1.54) is 16.7 Å². The number of nitrogens with zero attached hydrogens (tertiary/aromatic N) is 1. The molecule has 0 saturated carbocycles. The van der Waals surface area contributed by atoms with Crippen molar-refractivity contribution < 1.29 is 5.11 Å². The number of likely N-dealkylation sites (tertiary alicyclic amines) is 1. The first-order chi connectivity index (χ1) is 14.7. The average Bonchev–Trinajstić information content (AvgIpc) is 3.50. The molecule has 2 unspecified atom stereocenters. The molecule has 0 radical (unpaired) electrons. The maximum atomic E-state index is 10.5. The Morgan fingerprint density at radius 1 is 1.00 bits per heavy atom. The van der Waals surface area contributed by atoms with Crippen LogP contribution in [0, 0.1) is 0 Å². The third-order valence-corrected chi connectivity index (χ3v) is 7.31. The van der Waals surface area contributed by atoms with Gasteiger partial charge < -0.3 is 15.3 Å². The largest absolute Gasteiger partial charge is 0.387 e. The van der Waals surface area contributed by atoms with Gasteiger partial charge in [-0.1, -0.05) is 35.9 Å². The molecule has 0 bridgehead atoms. The molecule has 3 heterocycles. The van der Waals surface area contributed by atoms with Crippen LogP contribution in [0.5, 0.6) is 0 Å². The summed E-state index contributed by atoms with van der Waals surface area (Å²) < 4.78 is 0. The summed E-state index contributed by atoms with van der Waals surface area (Å²) in [7, 11) is 0. The SMILES string of the molecule is CC(NCCN1CCC(=C(c2ccsc2)c2ccsc2)CC1)C(O)c1ccccc1. The summed E-state index contributed by atoms with van der Waals surface area (Å²) >= 11 is 3.55. The van der Waals surface area contributed by atoms with Crippen LogP contribution in [0.15, 0.2) is 69.6 Å². The lowest BCUT2D eigenvalue weighted by Crippen LogP contribution is -2.40. The van der Waals surface area contributed by atoms with E-state index in [4.69, 9.17) is 0 Å². The molecule has 30 heavy (non-hydrogen) atoms. The van der Waals surface area contributed by atoms with Crippen molar-refractivity contribution in [3.05, 3.63) is 86.2 Å². The van der Waals surface area contributed by atoms with E-state index < -0.39 is 6.10 Å². The Morgan fingerprint density at radius 2 is 1.63 bits per heavy atom. The van der Waals surface area contributed by atoms with E-state index in [0.717, 1.165) is 44.6 Å². The van der Waals surface area contributed by atoms with Gasteiger partial charge in [-0.2, -0.15) is 22.7 Å². The molecular weight excluding hydrogens is 408 g/mol. The van der Waals surface area contributed by atoms with Crippen LogP contribution in [-0.2, 0) is 0 Å². The number of hydrogen-bond acceptors (Lipinski definition) is 5. The van der Waals surface area contributed by atoms with E-state index in [1.54, 1.807) is 28.2 Å². The van der Waals surface area contributed by atoms with Crippen molar-refractivity contribution in [3.8, 4) is 0 Å². The van der Waals surface area contributed by atoms with Crippen LogP contribution in [0.25, 0.3) is 5.57 Å². The maximum Gasteiger partial charge on any atom is 0.0940 e. The van der Waals surface area contributed by atoms with Crippen molar-refractivity contribution in [2.75, 3.05) is 26.2 Å². The van der Waals surface area contributed by atoms with Gasteiger partial charge in [0.15, 0.2) is 0 Å². The van der Waals surface area contributed by atoms with Crippen LogP contribution >= 0.6 is 22.7 Å². The van der Waals surface area contributed by atoms with Crippen molar-refractivity contribution in [1.29, 1.82) is 0 Å². The molecule has 0 spiro atoms. The molecule has 2 N–H and O–H groups in total. The van der Waals surface area contributed by atoms with Crippen LogP contribution in [-0.4, -0.2) is 42.2 Å². The Hall–Kier alpha value is -1.76. The van der Waals surface area contributed by atoms with Gasteiger partial charge >= 0.3 is 0 Å². The van der Waals surface area contributed by atoms with E-state index in [1.807, 2.05) is 30.3 Å². The zero-order valence-electron chi connectivity index (χ0n) is 17.5. The number of benzene rings is 1. The predicted molar refractivity (Wildman–Crippen MR) is 129 cm³/mol. The maximum absolute atomic E-state index is 10.5. The van der Waals surface area contributed by atoms with Crippen LogP contribution < -0.4 is 5.32 Å². The van der Waals surface area contributed by atoms with Crippen LogP contribution in [0.2, 0.25) is 0 Å². The fourth-order valence-electron chi connectivity index (χ4n) is 4.19. The summed E-state index contributed by atoms with van der Waals surface area (Å²) in [6.45, 7) is 6.18. The summed E-state index contributed by atoms with van der Waals surface area (Å²) in [6.07, 6.45) is 1.78. The van der Waals surface area contributed by atoms with Crippen LogP contribution in [0.3, 0.4) is 0 Å². The van der Waals surface area contributed by atoms with Gasteiger partial charge in [-0.05, 0) is 75.7 Å². The summed E-state index contributed by atoms with van der Waals surface area (Å²) in [5, 5.41) is 22.9. The fraction of sp³-hybridized carbons (Fsp3) is 0.360. The third-order valence-electron chi connectivity index (χ3n) is 5.94. The summed E-state index contributed by atoms with van der Waals surface area (Å²) in [4.78, 5) is 2.54. The van der Waals surface area contributed by atoms with Gasteiger partial charge in [0.25, 0.3) is 0 Å². The fourth-order valence-corrected chi connectivity index (χ4v) is 5.48. The Bertz CT molecular complexity index is 873. The highest BCUT2D eigenvalue weighted by molar-refractivity contribution is 7.08. The van der Waals surface area contributed by atoms with Crippen molar-refractivity contribution in [1.82, 2.24) is 10.2 Å². The molecule has 2 atom stereocenters. The Morgan fingerprint density at radius 3 is 2.20 bits per heavy atom. The van der Waals surface area contributed by atoms with Crippen molar-refractivity contribution >= 4 is 28.2 Å². The summed E-state index contributed by atoms with van der Waals surface area (Å²) in [5.41, 5.74) is 6.75. The van der Waals surface area contributed by atoms with E-state index in [0.29, 0.717) is 0 Å². The molecule has 1 saturated heterocycles. The lowest BCUT2D eigenvalue weighted by molar-refractivity contribution is 0.133. The molecule has 2 aromatic heterocycles. The van der Waals surface area contributed by atoms with Crippen molar-refractivity contribution in [3.63, 3.8) is 0 Å². The quantitative estimate of drug-likeness (QED) is 0.493. The highest BCUT2D eigenvalue weighted by Crippen LogP contribution is 2.34. The van der Waals surface area contributed by atoms with Crippen LogP contribution in [0.1, 0.15) is 42.6 Å². The lowest BCUT2D eigenvalue weighted by atomic mass is 9.91. The number of nitrogens with one attached hydrogen (secondary N) is 1. The minimum atomic E-state index is -0.471. The molecule has 1 aliphatic heterocycles. The first-order valence-electron chi connectivity index (χ1n) is 10.7. The normalized spacial score (nSPS) is 17.1. The minimum Gasteiger partial charge on any atom is -0.387 e. The molecule has 0 aliphatic carbocycles. The number of hydrogen-bond donors (Lipinski definition) is 2. The van der Waals surface area contributed by atoms with Gasteiger partial charge in [-0.3, -0.25) is 0 Å². The van der Waals surface area contributed by atoms with E-state index in [9.17, 15) is 5.11 Å². The van der Waals surface area contributed by atoms with Gasteiger partial charge in [-0.25, -0.2) is 0 Å². The van der Waals surface area contributed by atoms with Gasteiger partial charge in [0, 0.05) is 32.2 Å². The molecule has 0 amide bonds. The number of piperidine rings is 1. The number of thiophene rings is 2. The number of aliphatic hydroxyl groups is 1. The molecule has 5 heteroatoms. The number of rotatable bonds is 8. The Balaban J connectivity index is 1.30. The zero-order chi connectivity index (χ0) is 20.8. The predicted octanol–water partition coefficient (Wildman–Crippen LogP) is 5.42. The molecule has 1 fully saturated rings. The Labute approximate surface area is 187 Å². The summed E-state index contributed by atoms with van der Waals surface area (Å²) in [6, 6.07) is 14.4. The molecule has 1 aromatic carbocycles. The van der Waals surface area contributed by atoms with Gasteiger partial charge in [0.2, 0.25) is 0 Å². The average molecular weight is 439 g/mol. The summed E-state index contributed by atoms with van der Waals surface area (Å²) in [5.74, 6) is 0. The highest BCUT2D eigenvalue weighted by Gasteiger charge is 2.20. The second-order valence-electron chi connectivity index (χ2n) is 7.94. The lowest BCUT2D eigenvalue weighted by Gasteiger charge is -2.30. The molecule has 3 aromatic rings. The van der Waals surface area contributed by atoms with Crippen molar-refractivity contribution in [2.45, 2.75) is 31.9 Å². The molecule has 4 rings (SSSR count). The minimum absolute atomic E-state index is 0.0384.